The molecule has 0 bridgehead atoms. The van der Waals surface area contributed by atoms with Crippen molar-refractivity contribution in [2.75, 3.05) is 0 Å². The Hall–Kier alpha value is -2.16. The van der Waals surface area contributed by atoms with Gasteiger partial charge in [-0.2, -0.15) is 0 Å². The van der Waals surface area contributed by atoms with E-state index < -0.39 is 0 Å². The number of aromatic hydroxyl groups is 3. The molecule has 0 heterocycles. The van der Waals surface area contributed by atoms with Crippen LogP contribution in [-0.2, 0) is 0 Å². The maximum Gasteiger partial charge on any atom is 0.169 e. The fourth-order valence-electron chi connectivity index (χ4n) is 1.84. The number of rotatable bonds is 1. The van der Waals surface area contributed by atoms with Gasteiger partial charge in [-0.3, -0.25) is 0 Å². The van der Waals surface area contributed by atoms with Crippen LogP contribution < -0.4 is 0 Å². The van der Waals surface area contributed by atoms with Crippen LogP contribution in [0.3, 0.4) is 0 Å². The monoisotopic (exact) mass is 230 g/mol. The molecule has 0 amide bonds. The van der Waals surface area contributed by atoms with Crippen molar-refractivity contribution < 1.29 is 15.3 Å². The third-order valence-corrected chi connectivity index (χ3v) is 2.80. The first-order valence-electron chi connectivity index (χ1n) is 5.32. The average molecular weight is 230 g/mol. The molecule has 3 nitrogen and oxygen atoms in total. The van der Waals surface area contributed by atoms with Crippen molar-refractivity contribution in [2.24, 2.45) is 0 Å². The molecule has 0 atom stereocenters. The van der Waals surface area contributed by atoms with Crippen molar-refractivity contribution in [2.45, 2.75) is 13.8 Å². The highest BCUT2D eigenvalue weighted by molar-refractivity contribution is 5.81. The van der Waals surface area contributed by atoms with Crippen LogP contribution in [-0.4, -0.2) is 15.3 Å². The van der Waals surface area contributed by atoms with Crippen LogP contribution in [0.15, 0.2) is 30.3 Å². The molecule has 0 aromatic heterocycles. The van der Waals surface area contributed by atoms with E-state index in [9.17, 15) is 15.3 Å². The quantitative estimate of drug-likeness (QED) is 0.521. The highest BCUT2D eigenvalue weighted by Gasteiger charge is 2.15. The predicted molar refractivity (Wildman–Crippen MR) is 66.3 cm³/mol. The summed E-state index contributed by atoms with van der Waals surface area (Å²) in [4.78, 5) is 0. The molecular weight excluding hydrogens is 216 g/mol. The second-order valence-corrected chi connectivity index (χ2v) is 4.15. The predicted octanol–water partition coefficient (Wildman–Crippen LogP) is 3.09. The molecule has 0 saturated carbocycles. The largest absolute Gasteiger partial charge is 0.507 e. The maximum atomic E-state index is 9.84. The lowest BCUT2D eigenvalue weighted by atomic mass is 9.96. The fourth-order valence-corrected chi connectivity index (χ4v) is 1.84. The lowest BCUT2D eigenvalue weighted by molar-refractivity contribution is 0.398. The molecule has 0 aliphatic rings. The summed E-state index contributed by atoms with van der Waals surface area (Å²) in [6.45, 7) is 3.82. The van der Waals surface area contributed by atoms with E-state index in [2.05, 4.69) is 0 Å². The van der Waals surface area contributed by atoms with E-state index in [4.69, 9.17) is 0 Å². The lowest BCUT2D eigenvalue weighted by Crippen LogP contribution is -1.87. The van der Waals surface area contributed by atoms with Crippen LogP contribution in [0.1, 0.15) is 11.1 Å². The molecule has 0 fully saturated rings. The zero-order chi connectivity index (χ0) is 12.6. The molecule has 2 rings (SSSR count). The highest BCUT2D eigenvalue weighted by Crippen LogP contribution is 2.43. The second-order valence-electron chi connectivity index (χ2n) is 4.15. The van der Waals surface area contributed by atoms with Crippen molar-refractivity contribution in [3.8, 4) is 28.4 Å². The van der Waals surface area contributed by atoms with E-state index in [-0.39, 0.29) is 22.8 Å². The van der Waals surface area contributed by atoms with Gasteiger partial charge in [-0.05, 0) is 37.1 Å². The van der Waals surface area contributed by atoms with Gasteiger partial charge in [0.05, 0.1) is 5.56 Å². The highest BCUT2D eigenvalue weighted by atomic mass is 16.3. The van der Waals surface area contributed by atoms with Crippen LogP contribution in [0.25, 0.3) is 11.1 Å². The van der Waals surface area contributed by atoms with E-state index in [1.54, 1.807) is 0 Å². The molecule has 3 N–H and O–H groups in total. The van der Waals surface area contributed by atoms with Crippen molar-refractivity contribution in [3.05, 3.63) is 41.5 Å². The Morgan fingerprint density at radius 1 is 0.824 bits per heavy atom. The summed E-state index contributed by atoms with van der Waals surface area (Å²) < 4.78 is 0. The molecule has 0 spiro atoms. The third kappa shape index (κ3) is 1.91. The van der Waals surface area contributed by atoms with E-state index >= 15 is 0 Å². The molecule has 3 heteroatoms. The lowest BCUT2D eigenvalue weighted by Gasteiger charge is -2.12. The summed E-state index contributed by atoms with van der Waals surface area (Å²) >= 11 is 0. The first-order chi connectivity index (χ1) is 8.00. The van der Waals surface area contributed by atoms with Crippen LogP contribution in [0, 0.1) is 13.8 Å². The molecule has 0 aliphatic heterocycles. The second kappa shape index (κ2) is 4.01. The summed E-state index contributed by atoms with van der Waals surface area (Å²) in [5.41, 5.74) is 2.93. The van der Waals surface area contributed by atoms with Gasteiger partial charge in [0.15, 0.2) is 11.5 Å². The summed E-state index contributed by atoms with van der Waals surface area (Å²) in [6, 6.07) is 8.36. The smallest absolute Gasteiger partial charge is 0.169 e. The minimum Gasteiger partial charge on any atom is -0.507 e. The summed E-state index contributed by atoms with van der Waals surface area (Å²) in [7, 11) is 0. The Bertz CT molecular complexity index is 574. The van der Waals surface area contributed by atoms with Gasteiger partial charge >= 0.3 is 0 Å². The molecule has 2 aromatic rings. The molecular formula is C14H14O3. The third-order valence-electron chi connectivity index (χ3n) is 2.80. The number of hydrogen-bond acceptors (Lipinski definition) is 3. The van der Waals surface area contributed by atoms with Crippen LogP contribution in [0.5, 0.6) is 17.2 Å². The normalized spacial score (nSPS) is 10.5. The Kier molecular flexibility index (Phi) is 2.68. The fraction of sp³-hybridized carbons (Fsp3) is 0.143. The molecule has 0 saturated heterocycles. The van der Waals surface area contributed by atoms with E-state index in [0.717, 1.165) is 16.7 Å². The van der Waals surface area contributed by atoms with Crippen molar-refractivity contribution in [1.82, 2.24) is 0 Å². The van der Waals surface area contributed by atoms with Crippen molar-refractivity contribution in [1.29, 1.82) is 0 Å². The average Bonchev–Trinajstić information content (AvgIpc) is 2.29. The Morgan fingerprint density at radius 2 is 1.47 bits per heavy atom. The first kappa shape index (κ1) is 11.3. The Morgan fingerprint density at radius 3 is 2.18 bits per heavy atom. The number of phenols is 3. The van der Waals surface area contributed by atoms with Crippen molar-refractivity contribution in [3.63, 3.8) is 0 Å². The zero-order valence-corrected chi connectivity index (χ0v) is 9.73. The number of benzene rings is 2. The topological polar surface area (TPSA) is 60.7 Å². The molecule has 0 unspecified atom stereocenters. The number of phenolic OH excluding ortho intramolecular Hbond substituents is 3. The van der Waals surface area contributed by atoms with Gasteiger partial charge in [-0.15, -0.1) is 0 Å². The Balaban J connectivity index is 2.76. The van der Waals surface area contributed by atoms with Crippen molar-refractivity contribution >= 4 is 0 Å². The molecule has 0 radical (unpaired) electrons. The minimum atomic E-state index is -0.293. The summed E-state index contributed by atoms with van der Waals surface area (Å²) in [6.07, 6.45) is 0. The summed E-state index contributed by atoms with van der Waals surface area (Å²) in [5.74, 6) is -0.577. The molecule has 88 valence electrons. The number of aryl methyl sites for hydroxylation is 2. The number of hydrogen-bond donors (Lipinski definition) is 3. The molecule has 0 aliphatic carbocycles. The maximum absolute atomic E-state index is 9.84. The SMILES string of the molecule is Cc1ccc(C)c(-c2c(O)ccc(O)c2O)c1. The van der Waals surface area contributed by atoms with Crippen LogP contribution in [0.2, 0.25) is 0 Å². The van der Waals surface area contributed by atoms with E-state index in [0.29, 0.717) is 0 Å². The van der Waals surface area contributed by atoms with Crippen LogP contribution in [0.4, 0.5) is 0 Å². The molecule has 2 aromatic carbocycles. The zero-order valence-electron chi connectivity index (χ0n) is 9.73. The van der Waals surface area contributed by atoms with Gasteiger partial charge in [0.25, 0.3) is 0 Å². The van der Waals surface area contributed by atoms with Gasteiger partial charge < -0.3 is 15.3 Å². The van der Waals surface area contributed by atoms with E-state index in [1.807, 2.05) is 32.0 Å². The van der Waals surface area contributed by atoms with Gasteiger partial charge in [0.1, 0.15) is 5.75 Å². The minimum absolute atomic E-state index is 0.0472. The van der Waals surface area contributed by atoms with E-state index in [1.165, 1.54) is 12.1 Å². The van der Waals surface area contributed by atoms with Gasteiger partial charge in [-0.25, -0.2) is 0 Å². The van der Waals surface area contributed by atoms with Crippen LogP contribution >= 0.6 is 0 Å². The Labute approximate surface area is 99.6 Å². The first-order valence-corrected chi connectivity index (χ1v) is 5.32. The standard InChI is InChI=1S/C14H14O3/c1-8-3-4-9(2)10(7-8)13-11(15)5-6-12(16)14(13)17/h3-7,15-17H,1-2H3. The summed E-state index contributed by atoms with van der Waals surface area (Å²) in [5, 5.41) is 29.1. The van der Waals surface area contributed by atoms with Gasteiger partial charge in [0.2, 0.25) is 0 Å². The molecule has 17 heavy (non-hydrogen) atoms. The van der Waals surface area contributed by atoms with Gasteiger partial charge in [-0.1, -0.05) is 23.8 Å². The van der Waals surface area contributed by atoms with Gasteiger partial charge in [0, 0.05) is 0 Å².